The smallest absolute Gasteiger partial charge is 0.257 e. The van der Waals surface area contributed by atoms with Gasteiger partial charge >= 0.3 is 0 Å². The minimum atomic E-state index is -1.37. The second-order valence-electron chi connectivity index (χ2n) is 20.2. The van der Waals surface area contributed by atoms with Crippen LogP contribution in [0.5, 0.6) is 0 Å². The topological polar surface area (TPSA) is 43.9 Å². The van der Waals surface area contributed by atoms with Crippen LogP contribution in [0.25, 0.3) is 0 Å². The first kappa shape index (κ1) is 62.8. The van der Waals surface area contributed by atoms with E-state index in [2.05, 4.69) is 39.6 Å². The van der Waals surface area contributed by atoms with Crippen LogP contribution in [0.1, 0.15) is 297 Å². The highest BCUT2D eigenvalue weighted by atomic mass is 19.1. The Balaban J connectivity index is 4.40. The lowest BCUT2D eigenvalue weighted by Crippen LogP contribution is -2.38. The third-order valence-corrected chi connectivity index (χ3v) is 13.8. The molecule has 0 spiro atoms. The molecule has 0 aromatic rings. The zero-order valence-corrected chi connectivity index (χ0v) is 44.0. The monoisotopic (exact) mass is 910 g/mol. The quantitative estimate of drug-likeness (QED) is 0.0571. The van der Waals surface area contributed by atoms with Gasteiger partial charge in [0, 0.05) is 26.2 Å². The molecule has 0 fully saturated rings. The number of amides is 2. The normalized spacial score (nSPS) is 12.6. The number of nitrogens with zero attached hydrogens (tertiary/aromatic N) is 3. The predicted molar refractivity (Wildman–Crippen MR) is 277 cm³/mol. The van der Waals surface area contributed by atoms with Crippen molar-refractivity contribution in [3.8, 4) is 0 Å². The van der Waals surface area contributed by atoms with Crippen LogP contribution in [0.4, 0.5) is 8.78 Å². The van der Waals surface area contributed by atoms with E-state index in [0.717, 1.165) is 116 Å². The van der Waals surface area contributed by atoms with Gasteiger partial charge in [-0.3, -0.25) is 9.59 Å². The van der Waals surface area contributed by atoms with Crippen molar-refractivity contribution in [2.45, 2.75) is 310 Å². The minimum Gasteiger partial charge on any atom is -0.340 e. The molecule has 382 valence electrons. The highest BCUT2D eigenvalue weighted by Gasteiger charge is 2.24. The zero-order valence-electron chi connectivity index (χ0n) is 44.0. The van der Waals surface area contributed by atoms with Gasteiger partial charge in [-0.1, -0.05) is 246 Å². The Morgan fingerprint density at radius 3 is 0.719 bits per heavy atom. The van der Waals surface area contributed by atoms with E-state index in [1.165, 1.54) is 154 Å². The van der Waals surface area contributed by atoms with Crippen molar-refractivity contribution in [3.05, 3.63) is 0 Å². The summed E-state index contributed by atoms with van der Waals surface area (Å²) in [4.78, 5) is 32.6. The Kier molecular flexibility index (Phi) is 48.7. The maximum absolute atomic E-state index is 15.3. The second kappa shape index (κ2) is 49.7. The molecule has 0 aliphatic carbocycles. The van der Waals surface area contributed by atoms with Crippen molar-refractivity contribution in [2.75, 3.05) is 46.3 Å². The molecule has 0 radical (unpaired) electrons. The summed E-state index contributed by atoms with van der Waals surface area (Å²) in [6.07, 6.45) is 45.2. The molecule has 64 heavy (non-hydrogen) atoms. The molecule has 0 aliphatic rings. The fourth-order valence-electron chi connectivity index (χ4n) is 9.28. The number of unbranched alkanes of at least 4 members (excludes halogenated alkanes) is 34. The average molecular weight is 911 g/mol. The van der Waals surface area contributed by atoms with Crippen LogP contribution in [0.15, 0.2) is 0 Å². The summed E-state index contributed by atoms with van der Waals surface area (Å²) in [5.41, 5.74) is 0. The maximum Gasteiger partial charge on any atom is 0.257 e. The highest BCUT2D eigenvalue weighted by molar-refractivity contribution is 5.81. The fraction of sp³-hybridized carbons (Fsp3) is 0.965. The van der Waals surface area contributed by atoms with Gasteiger partial charge in [-0.25, -0.2) is 8.78 Å². The molecular weight excluding hydrogens is 797 g/mol. The number of carbonyl (C=O) groups excluding carboxylic acids is 2. The molecular formula is C57H113F2N3O2. The van der Waals surface area contributed by atoms with Gasteiger partial charge in [0.1, 0.15) is 0 Å². The van der Waals surface area contributed by atoms with Gasteiger partial charge < -0.3 is 14.7 Å². The van der Waals surface area contributed by atoms with E-state index in [1.807, 2.05) is 9.80 Å². The molecule has 0 aromatic carbocycles. The lowest BCUT2D eigenvalue weighted by atomic mass is 10.1. The first-order valence-corrected chi connectivity index (χ1v) is 28.9. The fourth-order valence-corrected chi connectivity index (χ4v) is 9.28. The molecule has 0 aliphatic heterocycles. The largest absolute Gasteiger partial charge is 0.340 e. The third kappa shape index (κ3) is 41.0. The lowest BCUT2D eigenvalue weighted by Gasteiger charge is -2.25. The van der Waals surface area contributed by atoms with E-state index in [4.69, 9.17) is 0 Å². The Labute approximate surface area is 399 Å². The van der Waals surface area contributed by atoms with Crippen molar-refractivity contribution in [1.82, 2.24) is 14.7 Å². The molecule has 0 N–H and O–H groups in total. The average Bonchev–Trinajstić information content (AvgIpc) is 3.29. The van der Waals surface area contributed by atoms with Crippen molar-refractivity contribution in [1.29, 1.82) is 0 Å². The van der Waals surface area contributed by atoms with Crippen molar-refractivity contribution in [3.63, 3.8) is 0 Å². The van der Waals surface area contributed by atoms with E-state index < -0.39 is 12.3 Å². The summed E-state index contributed by atoms with van der Waals surface area (Å²) in [6, 6.07) is 0. The predicted octanol–water partition coefficient (Wildman–Crippen LogP) is 17.7. The first-order valence-electron chi connectivity index (χ1n) is 28.9. The number of rotatable bonds is 52. The van der Waals surface area contributed by atoms with Gasteiger partial charge in [0.15, 0.2) is 12.3 Å². The van der Waals surface area contributed by atoms with E-state index in [1.54, 1.807) is 0 Å². The van der Waals surface area contributed by atoms with E-state index >= 15 is 8.78 Å². The molecule has 2 unspecified atom stereocenters. The van der Waals surface area contributed by atoms with Gasteiger partial charge in [0.2, 0.25) is 0 Å². The van der Waals surface area contributed by atoms with Gasteiger partial charge in [0.25, 0.3) is 11.8 Å². The number of alkyl halides is 2. The van der Waals surface area contributed by atoms with Crippen LogP contribution >= 0.6 is 0 Å². The zero-order chi connectivity index (χ0) is 47.0. The molecule has 2 atom stereocenters. The Bertz CT molecular complexity index is 855. The summed E-state index contributed by atoms with van der Waals surface area (Å²) >= 11 is 0. The van der Waals surface area contributed by atoms with Gasteiger partial charge in [0.05, 0.1) is 0 Å². The van der Waals surface area contributed by atoms with Crippen LogP contribution in [0.2, 0.25) is 0 Å². The van der Waals surface area contributed by atoms with E-state index in [0.29, 0.717) is 39.0 Å². The van der Waals surface area contributed by atoms with E-state index in [-0.39, 0.29) is 11.8 Å². The Hall–Kier alpha value is -1.24. The van der Waals surface area contributed by atoms with Gasteiger partial charge in [-0.05, 0) is 71.5 Å². The van der Waals surface area contributed by atoms with Crippen LogP contribution in [0.3, 0.4) is 0 Å². The third-order valence-electron chi connectivity index (χ3n) is 13.8. The standard InChI is InChI=1S/C57H113F2N3O2/c1-6-10-14-18-22-26-32-42-50-61(51-43-33-27-23-19-15-11-7-2)56(63)54(58)46-38-30-36-40-48-60(5)49-41-37-31-39-47-55(59)57(64)62(52-44-34-28-24-20-16-12-8-3)53-45-35-29-25-21-17-13-9-4/h54-55H,6-53H2,1-5H3. The van der Waals surface area contributed by atoms with Crippen LogP contribution in [-0.4, -0.2) is 85.2 Å². The van der Waals surface area contributed by atoms with Crippen LogP contribution in [0, 0.1) is 0 Å². The first-order chi connectivity index (χ1) is 31.3. The summed E-state index contributed by atoms with van der Waals surface area (Å²) in [6.45, 7) is 13.9. The number of halogens is 2. The van der Waals surface area contributed by atoms with Crippen molar-refractivity contribution >= 4 is 11.8 Å². The molecule has 7 heteroatoms. The molecule has 5 nitrogen and oxygen atoms in total. The Morgan fingerprint density at radius 2 is 0.484 bits per heavy atom. The summed E-state index contributed by atoms with van der Waals surface area (Å²) in [7, 11) is 2.17. The van der Waals surface area contributed by atoms with Crippen molar-refractivity contribution < 1.29 is 18.4 Å². The molecule has 0 heterocycles. The molecule has 0 saturated carbocycles. The highest BCUT2D eigenvalue weighted by Crippen LogP contribution is 2.18. The number of hydrogen-bond acceptors (Lipinski definition) is 3. The van der Waals surface area contributed by atoms with Gasteiger partial charge in [-0.2, -0.15) is 0 Å². The molecule has 0 saturated heterocycles. The van der Waals surface area contributed by atoms with Crippen LogP contribution in [-0.2, 0) is 9.59 Å². The number of hydrogen-bond donors (Lipinski definition) is 0. The Morgan fingerprint density at radius 1 is 0.297 bits per heavy atom. The number of carbonyl (C=O) groups is 2. The molecule has 0 rings (SSSR count). The summed E-state index contributed by atoms with van der Waals surface area (Å²) in [5, 5.41) is 0. The SMILES string of the molecule is CCCCCCCCCCN(CCCCCCCCCC)C(=O)C(F)CCCCCCN(C)CCCCCCC(F)C(=O)N(CCCCCCCCCC)CCCCCCCCCC. The molecule has 0 aromatic heterocycles. The maximum atomic E-state index is 15.3. The van der Waals surface area contributed by atoms with Crippen molar-refractivity contribution in [2.24, 2.45) is 0 Å². The van der Waals surface area contributed by atoms with Gasteiger partial charge in [-0.15, -0.1) is 0 Å². The lowest BCUT2D eigenvalue weighted by molar-refractivity contribution is -0.137. The summed E-state index contributed by atoms with van der Waals surface area (Å²) < 4.78 is 30.6. The molecule has 0 bridgehead atoms. The summed E-state index contributed by atoms with van der Waals surface area (Å²) in [5.74, 6) is -0.520. The molecule has 2 amide bonds. The van der Waals surface area contributed by atoms with Crippen LogP contribution < -0.4 is 0 Å². The van der Waals surface area contributed by atoms with E-state index in [9.17, 15) is 9.59 Å². The second-order valence-corrected chi connectivity index (χ2v) is 20.2. The minimum absolute atomic E-state index is 0.260.